The van der Waals surface area contributed by atoms with E-state index in [1.54, 1.807) is 0 Å². The molecule has 0 saturated heterocycles. The van der Waals surface area contributed by atoms with E-state index in [2.05, 4.69) is 21.1 Å². The molecule has 0 aliphatic carbocycles. The molecule has 0 heterocycles. The highest BCUT2D eigenvalue weighted by molar-refractivity contribution is 9.09. The molecule has 8 heavy (non-hydrogen) atoms. The lowest BCUT2D eigenvalue weighted by atomic mass is 10.3. The summed E-state index contributed by atoms with van der Waals surface area (Å²) in [5, 5.41) is 11.1. The largest absolute Gasteiger partial charge is 0.411 e. The zero-order chi connectivity index (χ0) is 6.57. The highest BCUT2D eigenvalue weighted by Crippen LogP contribution is 1.86. The van der Waals surface area contributed by atoms with Crippen molar-refractivity contribution in [1.82, 2.24) is 0 Å². The van der Waals surface area contributed by atoms with E-state index in [-0.39, 0.29) is 11.5 Å². The van der Waals surface area contributed by atoms with Crippen LogP contribution in [-0.4, -0.2) is 22.0 Å². The third kappa shape index (κ3) is 2.07. The van der Waals surface area contributed by atoms with E-state index in [0.29, 0.717) is 5.33 Å². The Morgan fingerprint density at radius 3 is 2.38 bits per heavy atom. The molecule has 0 fully saturated rings. The molecule has 0 saturated carbocycles. The van der Waals surface area contributed by atoms with Gasteiger partial charge in [0.2, 0.25) is 0 Å². The number of alkyl halides is 1. The first-order chi connectivity index (χ1) is 3.72. The molecule has 0 aromatic carbocycles. The Bertz CT molecular complexity index is 121. The van der Waals surface area contributed by atoms with Gasteiger partial charge in [-0.15, -0.1) is 0 Å². The number of ketones is 1. The fourth-order valence-electron chi connectivity index (χ4n) is 0.191. The number of hydrogen-bond donors (Lipinski definition) is 1. The first-order valence-corrected chi connectivity index (χ1v) is 3.12. The summed E-state index contributed by atoms with van der Waals surface area (Å²) < 4.78 is 0. The van der Waals surface area contributed by atoms with Gasteiger partial charge >= 0.3 is 0 Å². The highest BCUT2D eigenvalue weighted by Gasteiger charge is 2.01. The standard InChI is InChI=1S/C4H6BrNO2/c1-3(7)4(2-5)6-8/h8H,2H2,1H3. The van der Waals surface area contributed by atoms with Gasteiger partial charge in [-0.2, -0.15) is 0 Å². The smallest absolute Gasteiger partial charge is 0.178 e. The van der Waals surface area contributed by atoms with Gasteiger partial charge in [0.1, 0.15) is 5.71 Å². The number of nitrogens with zero attached hydrogens (tertiary/aromatic N) is 1. The summed E-state index contributed by atoms with van der Waals surface area (Å²) in [7, 11) is 0. The van der Waals surface area contributed by atoms with Gasteiger partial charge in [-0.25, -0.2) is 0 Å². The van der Waals surface area contributed by atoms with E-state index in [0.717, 1.165) is 0 Å². The Morgan fingerprint density at radius 2 is 2.38 bits per heavy atom. The average Bonchev–Trinajstić information content (AvgIpc) is 1.69. The molecule has 0 bridgehead atoms. The Morgan fingerprint density at radius 1 is 1.88 bits per heavy atom. The fourth-order valence-corrected chi connectivity index (χ4v) is 0.698. The van der Waals surface area contributed by atoms with Gasteiger partial charge in [0.25, 0.3) is 0 Å². The predicted molar refractivity (Wildman–Crippen MR) is 33.7 cm³/mol. The van der Waals surface area contributed by atoms with E-state index in [1.807, 2.05) is 0 Å². The lowest BCUT2D eigenvalue weighted by molar-refractivity contribution is -0.111. The molecular weight excluding hydrogens is 174 g/mol. The van der Waals surface area contributed by atoms with Gasteiger partial charge in [0, 0.05) is 6.92 Å². The SMILES string of the molecule is CC(=O)C(CBr)=NO. The Kier molecular flexibility index (Phi) is 3.43. The van der Waals surface area contributed by atoms with Gasteiger partial charge in [-0.1, -0.05) is 21.1 Å². The molecule has 0 rings (SSSR count). The van der Waals surface area contributed by atoms with Crippen LogP contribution in [0.15, 0.2) is 5.16 Å². The third-order valence-electron chi connectivity index (χ3n) is 0.654. The lowest BCUT2D eigenvalue weighted by Gasteiger charge is -1.88. The minimum atomic E-state index is -0.218. The summed E-state index contributed by atoms with van der Waals surface area (Å²) in [6, 6.07) is 0. The molecule has 46 valence electrons. The fraction of sp³-hybridized carbons (Fsp3) is 0.500. The van der Waals surface area contributed by atoms with Crippen molar-refractivity contribution in [3.05, 3.63) is 0 Å². The molecule has 3 nitrogen and oxygen atoms in total. The van der Waals surface area contributed by atoms with Crippen LogP contribution in [0.25, 0.3) is 0 Å². The van der Waals surface area contributed by atoms with Crippen LogP contribution in [0.4, 0.5) is 0 Å². The van der Waals surface area contributed by atoms with Crippen molar-refractivity contribution in [3.63, 3.8) is 0 Å². The third-order valence-corrected chi connectivity index (χ3v) is 1.18. The van der Waals surface area contributed by atoms with Gasteiger partial charge in [0.15, 0.2) is 5.78 Å². The minimum Gasteiger partial charge on any atom is -0.411 e. The summed E-state index contributed by atoms with van der Waals surface area (Å²) in [4.78, 5) is 10.3. The van der Waals surface area contributed by atoms with Crippen molar-refractivity contribution in [2.45, 2.75) is 6.92 Å². The predicted octanol–water partition coefficient (Wildman–Crippen LogP) is 0.800. The molecule has 0 amide bonds. The summed E-state index contributed by atoms with van der Waals surface area (Å²) >= 11 is 2.96. The summed E-state index contributed by atoms with van der Waals surface area (Å²) in [6.07, 6.45) is 0. The zero-order valence-electron chi connectivity index (χ0n) is 4.39. The molecule has 0 atom stereocenters. The molecule has 0 aliphatic rings. The maximum absolute atomic E-state index is 10.3. The van der Waals surface area contributed by atoms with Gasteiger partial charge in [-0.05, 0) is 0 Å². The number of oxime groups is 1. The first-order valence-electron chi connectivity index (χ1n) is 2.00. The maximum Gasteiger partial charge on any atom is 0.178 e. The summed E-state index contributed by atoms with van der Waals surface area (Å²) in [5.74, 6) is -0.218. The van der Waals surface area contributed by atoms with Crippen molar-refractivity contribution in [1.29, 1.82) is 0 Å². The monoisotopic (exact) mass is 179 g/mol. The molecule has 0 radical (unpaired) electrons. The Labute approximate surface area is 55.5 Å². The van der Waals surface area contributed by atoms with E-state index in [1.165, 1.54) is 6.92 Å². The second kappa shape index (κ2) is 3.60. The number of hydrogen-bond acceptors (Lipinski definition) is 3. The van der Waals surface area contributed by atoms with Crippen LogP contribution in [-0.2, 0) is 4.79 Å². The molecule has 1 N–H and O–H groups in total. The number of carbonyl (C=O) groups is 1. The summed E-state index contributed by atoms with van der Waals surface area (Å²) in [5.41, 5.74) is 0.144. The van der Waals surface area contributed by atoms with Crippen molar-refractivity contribution in [2.75, 3.05) is 5.33 Å². The van der Waals surface area contributed by atoms with Crippen LogP contribution >= 0.6 is 15.9 Å². The second-order valence-electron chi connectivity index (χ2n) is 1.24. The molecule has 4 heteroatoms. The number of carbonyl (C=O) groups excluding carboxylic acids is 1. The molecular formula is C4H6BrNO2. The average molecular weight is 180 g/mol. The molecule has 0 unspecified atom stereocenters. The first kappa shape index (κ1) is 7.62. The lowest BCUT2D eigenvalue weighted by Crippen LogP contribution is -2.10. The van der Waals surface area contributed by atoms with E-state index in [4.69, 9.17) is 5.21 Å². The number of rotatable bonds is 2. The van der Waals surface area contributed by atoms with E-state index in [9.17, 15) is 4.79 Å². The van der Waals surface area contributed by atoms with Crippen LogP contribution in [0.3, 0.4) is 0 Å². The van der Waals surface area contributed by atoms with Gasteiger partial charge in [-0.3, -0.25) is 4.79 Å². The van der Waals surface area contributed by atoms with Crippen molar-refractivity contribution in [3.8, 4) is 0 Å². The van der Waals surface area contributed by atoms with Crippen molar-refractivity contribution in [2.24, 2.45) is 5.16 Å². The Balaban J connectivity index is 3.92. The van der Waals surface area contributed by atoms with Crippen LogP contribution in [0.1, 0.15) is 6.92 Å². The van der Waals surface area contributed by atoms with Gasteiger partial charge < -0.3 is 5.21 Å². The molecule has 0 aromatic rings. The second-order valence-corrected chi connectivity index (χ2v) is 1.80. The minimum absolute atomic E-state index is 0.144. The Hall–Kier alpha value is -0.380. The van der Waals surface area contributed by atoms with Crippen LogP contribution in [0, 0.1) is 0 Å². The molecule has 0 aromatic heterocycles. The van der Waals surface area contributed by atoms with E-state index >= 15 is 0 Å². The quantitative estimate of drug-likeness (QED) is 0.295. The van der Waals surface area contributed by atoms with Crippen LogP contribution in [0.5, 0.6) is 0 Å². The number of halogens is 1. The number of Topliss-reactive ketones (excluding diaryl/α,β-unsaturated/α-hetero) is 1. The highest BCUT2D eigenvalue weighted by atomic mass is 79.9. The zero-order valence-corrected chi connectivity index (χ0v) is 5.97. The summed E-state index contributed by atoms with van der Waals surface area (Å²) in [6.45, 7) is 1.34. The normalized spacial score (nSPS) is 11.5. The van der Waals surface area contributed by atoms with Gasteiger partial charge in [0.05, 0.1) is 5.33 Å². The van der Waals surface area contributed by atoms with E-state index < -0.39 is 0 Å². The van der Waals surface area contributed by atoms with Crippen LogP contribution < -0.4 is 0 Å². The maximum atomic E-state index is 10.3. The molecule has 0 aliphatic heterocycles. The topological polar surface area (TPSA) is 49.7 Å². The van der Waals surface area contributed by atoms with Crippen molar-refractivity contribution >= 4 is 27.4 Å². The molecule has 0 spiro atoms. The van der Waals surface area contributed by atoms with Crippen molar-refractivity contribution < 1.29 is 10.0 Å². The van der Waals surface area contributed by atoms with Crippen LogP contribution in [0.2, 0.25) is 0 Å².